The molecule has 3 heterocycles. The van der Waals surface area contributed by atoms with Gasteiger partial charge < -0.3 is 26.0 Å². The molecule has 0 radical (unpaired) electrons. The van der Waals surface area contributed by atoms with E-state index in [1.54, 1.807) is 23.3 Å². The molecule has 1 aromatic carbocycles. The van der Waals surface area contributed by atoms with Gasteiger partial charge in [-0.15, -0.1) is 0 Å². The molecule has 0 spiro atoms. The van der Waals surface area contributed by atoms with Gasteiger partial charge in [-0.1, -0.05) is 23.7 Å². The number of ether oxygens (including phenoxy) is 1. The fraction of sp³-hybridized carbons (Fsp3) is 0.440. The van der Waals surface area contributed by atoms with E-state index in [1.165, 1.54) is 0 Å². The molecule has 4 rings (SSSR count). The summed E-state index contributed by atoms with van der Waals surface area (Å²) >= 11 is 6.20. The normalized spacial score (nSPS) is 15.0. The number of carbonyl (C=O) groups excluding carboxylic acids is 1. The van der Waals surface area contributed by atoms with E-state index in [-0.39, 0.29) is 18.0 Å². The van der Waals surface area contributed by atoms with Crippen LogP contribution in [0.3, 0.4) is 0 Å². The number of anilines is 1. The van der Waals surface area contributed by atoms with E-state index >= 15 is 0 Å². The quantitative estimate of drug-likeness (QED) is 0.289. The number of hydrogen-bond acceptors (Lipinski definition) is 8. The molecular formula is C25H33ClN8O2. The summed E-state index contributed by atoms with van der Waals surface area (Å²) in [6.45, 7) is 5.55. The summed E-state index contributed by atoms with van der Waals surface area (Å²) < 4.78 is 7.17. The number of benzene rings is 1. The molecular weight excluding hydrogens is 480 g/mol. The van der Waals surface area contributed by atoms with Crippen LogP contribution >= 0.6 is 11.6 Å². The lowest BCUT2D eigenvalue weighted by Crippen LogP contribution is -2.37. The van der Waals surface area contributed by atoms with Crippen molar-refractivity contribution in [2.24, 2.45) is 0 Å². The molecule has 36 heavy (non-hydrogen) atoms. The van der Waals surface area contributed by atoms with Crippen LogP contribution in [-0.2, 0) is 4.74 Å². The molecule has 11 heteroatoms. The fourth-order valence-corrected chi connectivity index (χ4v) is 4.21. The monoisotopic (exact) mass is 512 g/mol. The van der Waals surface area contributed by atoms with Crippen LogP contribution in [0.5, 0.6) is 0 Å². The van der Waals surface area contributed by atoms with Crippen molar-refractivity contribution in [2.45, 2.75) is 31.8 Å². The second-order valence-corrected chi connectivity index (χ2v) is 9.22. The Morgan fingerprint density at radius 3 is 2.86 bits per heavy atom. The molecule has 2 aromatic heterocycles. The molecule has 1 aliphatic heterocycles. The van der Waals surface area contributed by atoms with Crippen LogP contribution in [0.4, 0.5) is 5.95 Å². The van der Waals surface area contributed by atoms with Crippen LogP contribution in [0.1, 0.15) is 40.5 Å². The number of aromatic nitrogens is 4. The average Bonchev–Trinajstić information content (AvgIpc) is 3.38. The molecule has 4 N–H and O–H groups in total. The molecule has 0 bridgehead atoms. The van der Waals surface area contributed by atoms with E-state index in [0.29, 0.717) is 29.0 Å². The summed E-state index contributed by atoms with van der Waals surface area (Å²) in [4.78, 5) is 26.6. The highest BCUT2D eigenvalue weighted by Gasteiger charge is 2.19. The summed E-state index contributed by atoms with van der Waals surface area (Å²) in [5, 5.41) is 13.6. The summed E-state index contributed by atoms with van der Waals surface area (Å²) in [5.74, 6) is 0.948. The first-order chi connectivity index (χ1) is 17.5. The number of rotatable bonds is 11. The Morgan fingerprint density at radius 2 is 2.08 bits per heavy atom. The Labute approximate surface area is 216 Å². The third kappa shape index (κ3) is 7.01. The van der Waals surface area contributed by atoms with E-state index in [2.05, 4.69) is 36.2 Å². The number of nitrogens with one attached hydrogen (secondary N) is 4. The van der Waals surface area contributed by atoms with Gasteiger partial charge in [-0.3, -0.25) is 9.36 Å². The lowest BCUT2D eigenvalue weighted by molar-refractivity contribution is 0.0903. The molecule has 1 aliphatic rings. The molecule has 1 fully saturated rings. The summed E-state index contributed by atoms with van der Waals surface area (Å²) in [5.41, 5.74) is 2.10. The summed E-state index contributed by atoms with van der Waals surface area (Å²) in [7, 11) is 1.90. The molecule has 1 amide bonds. The first-order valence-corrected chi connectivity index (χ1v) is 12.5. The van der Waals surface area contributed by atoms with Crippen molar-refractivity contribution in [3.63, 3.8) is 0 Å². The largest absolute Gasteiger partial charge is 0.381 e. The topological polar surface area (TPSA) is 118 Å². The van der Waals surface area contributed by atoms with Crippen molar-refractivity contribution in [3.8, 4) is 5.82 Å². The van der Waals surface area contributed by atoms with Crippen LogP contribution in [-0.4, -0.2) is 71.4 Å². The van der Waals surface area contributed by atoms with Crippen molar-refractivity contribution in [1.29, 1.82) is 0 Å². The predicted octanol–water partition coefficient (Wildman–Crippen LogP) is 2.50. The van der Waals surface area contributed by atoms with Gasteiger partial charge in [0.25, 0.3) is 5.91 Å². The molecule has 10 nitrogen and oxygen atoms in total. The third-order valence-electron chi connectivity index (χ3n) is 6.02. The number of carbonyl (C=O) groups is 1. The molecule has 1 atom stereocenters. The zero-order valence-corrected chi connectivity index (χ0v) is 21.4. The number of likely N-dealkylation sites (N-methyl/N-ethyl adjacent to an activating group) is 1. The smallest absolute Gasteiger partial charge is 0.272 e. The molecule has 192 valence electrons. The number of nitrogens with zero attached hydrogens (tertiary/aromatic N) is 4. The number of halogens is 1. The van der Waals surface area contributed by atoms with E-state index in [4.69, 9.17) is 16.3 Å². The number of aryl methyl sites for hydroxylation is 1. The van der Waals surface area contributed by atoms with Gasteiger partial charge in [0, 0.05) is 61.9 Å². The standard InChI is InChI=1S/C25H33ClN8O2/c1-17-13-29-25(31-20-6-10-36-11-7-20)33-23(17)34-15-22(30-16-34)24(35)32-21(14-28-9-8-27-2)18-4-3-5-19(26)12-18/h3-5,12-13,15-16,20-21,27-28H,6-11,14H2,1-2H3,(H,32,35)(H,29,31,33). The molecule has 0 saturated carbocycles. The van der Waals surface area contributed by atoms with Gasteiger partial charge in [0.1, 0.15) is 17.8 Å². The Hall–Kier alpha value is -3.05. The van der Waals surface area contributed by atoms with E-state index in [1.807, 2.05) is 38.2 Å². The van der Waals surface area contributed by atoms with Crippen molar-refractivity contribution in [2.75, 3.05) is 45.2 Å². The zero-order chi connectivity index (χ0) is 25.3. The highest BCUT2D eigenvalue weighted by Crippen LogP contribution is 2.19. The SMILES string of the molecule is CNCCNCC(NC(=O)c1cn(-c2nc(NC3CCOCC3)ncc2C)cn1)c1cccc(Cl)c1. The van der Waals surface area contributed by atoms with Crippen LogP contribution in [0.2, 0.25) is 5.02 Å². The van der Waals surface area contributed by atoms with Crippen molar-refractivity contribution >= 4 is 23.5 Å². The average molecular weight is 513 g/mol. The lowest BCUT2D eigenvalue weighted by Gasteiger charge is -2.23. The van der Waals surface area contributed by atoms with Crippen LogP contribution in [0, 0.1) is 6.92 Å². The van der Waals surface area contributed by atoms with Crippen LogP contribution in [0.15, 0.2) is 43.0 Å². The van der Waals surface area contributed by atoms with Gasteiger partial charge in [0.15, 0.2) is 0 Å². The first-order valence-electron chi connectivity index (χ1n) is 12.2. The van der Waals surface area contributed by atoms with Gasteiger partial charge >= 0.3 is 0 Å². The maximum absolute atomic E-state index is 13.1. The highest BCUT2D eigenvalue weighted by molar-refractivity contribution is 6.30. The molecule has 1 saturated heterocycles. The van der Waals surface area contributed by atoms with Crippen LogP contribution in [0.25, 0.3) is 5.82 Å². The summed E-state index contributed by atoms with van der Waals surface area (Å²) in [6.07, 6.45) is 6.89. The predicted molar refractivity (Wildman–Crippen MR) is 140 cm³/mol. The van der Waals surface area contributed by atoms with Crippen LogP contribution < -0.4 is 21.3 Å². The van der Waals surface area contributed by atoms with Gasteiger partial charge in [-0.05, 0) is 44.5 Å². The molecule has 0 aliphatic carbocycles. The lowest BCUT2D eigenvalue weighted by atomic mass is 10.1. The molecule has 3 aromatic rings. The first kappa shape index (κ1) is 26.0. The van der Waals surface area contributed by atoms with Gasteiger partial charge in [0.2, 0.25) is 5.95 Å². The summed E-state index contributed by atoms with van der Waals surface area (Å²) in [6, 6.07) is 7.52. The minimum Gasteiger partial charge on any atom is -0.381 e. The minimum absolute atomic E-state index is 0.269. The number of hydrogen-bond donors (Lipinski definition) is 4. The van der Waals surface area contributed by atoms with E-state index in [9.17, 15) is 4.79 Å². The zero-order valence-electron chi connectivity index (χ0n) is 20.6. The Morgan fingerprint density at radius 1 is 1.25 bits per heavy atom. The van der Waals surface area contributed by atoms with E-state index in [0.717, 1.165) is 50.3 Å². The Kier molecular flexibility index (Phi) is 9.23. The van der Waals surface area contributed by atoms with E-state index < -0.39 is 0 Å². The highest BCUT2D eigenvalue weighted by atomic mass is 35.5. The minimum atomic E-state index is -0.276. The maximum Gasteiger partial charge on any atom is 0.272 e. The van der Waals surface area contributed by atoms with Gasteiger partial charge in [-0.25, -0.2) is 9.97 Å². The van der Waals surface area contributed by atoms with Crippen molar-refractivity contribution < 1.29 is 9.53 Å². The maximum atomic E-state index is 13.1. The number of amides is 1. The Bertz CT molecular complexity index is 1150. The van der Waals surface area contributed by atoms with Gasteiger partial charge in [0.05, 0.1) is 6.04 Å². The third-order valence-corrected chi connectivity index (χ3v) is 6.25. The molecule has 1 unspecified atom stereocenters. The fourth-order valence-electron chi connectivity index (χ4n) is 4.01. The van der Waals surface area contributed by atoms with Gasteiger partial charge in [-0.2, -0.15) is 4.98 Å². The van der Waals surface area contributed by atoms with Crippen molar-refractivity contribution in [3.05, 3.63) is 64.8 Å². The number of imidazole rings is 1. The van der Waals surface area contributed by atoms with Crippen molar-refractivity contribution in [1.82, 2.24) is 35.5 Å². The second kappa shape index (κ2) is 12.8. The Balaban J connectivity index is 1.47. The second-order valence-electron chi connectivity index (χ2n) is 8.79.